The van der Waals surface area contributed by atoms with E-state index in [2.05, 4.69) is 5.32 Å². The molecule has 7 heteroatoms. The molecule has 0 aliphatic heterocycles. The van der Waals surface area contributed by atoms with Crippen molar-refractivity contribution in [1.82, 2.24) is 0 Å². The van der Waals surface area contributed by atoms with Gasteiger partial charge >= 0.3 is 0 Å². The van der Waals surface area contributed by atoms with Crippen molar-refractivity contribution in [3.05, 3.63) is 65.0 Å². The highest BCUT2D eigenvalue weighted by molar-refractivity contribution is 5.45. The number of benzene rings is 2. The summed E-state index contributed by atoms with van der Waals surface area (Å²) >= 11 is 0. The van der Waals surface area contributed by atoms with E-state index in [4.69, 9.17) is 0 Å². The van der Waals surface area contributed by atoms with Gasteiger partial charge in [0, 0.05) is 30.3 Å². The molecule has 2 aromatic carbocycles. The van der Waals surface area contributed by atoms with Crippen molar-refractivity contribution in [3.8, 4) is 0 Å². The molecule has 0 aliphatic rings. The number of hydrogen-bond acceptors (Lipinski definition) is 2. The molecule has 2 nitrogen and oxygen atoms in total. The van der Waals surface area contributed by atoms with Crippen LogP contribution in [-0.2, 0) is 0 Å². The normalized spacial score (nSPS) is 12.3. The summed E-state index contributed by atoms with van der Waals surface area (Å²) in [4.78, 5) is 0. The number of hydrogen-bond donors (Lipinski definition) is 2. The summed E-state index contributed by atoms with van der Waals surface area (Å²) in [5.41, 5.74) is -0.727. The number of rotatable bonds is 4. The van der Waals surface area contributed by atoms with Crippen LogP contribution in [0.1, 0.15) is 11.7 Å². The van der Waals surface area contributed by atoms with Gasteiger partial charge in [-0.15, -0.1) is 0 Å². The second-order valence-electron chi connectivity index (χ2n) is 4.31. The van der Waals surface area contributed by atoms with Crippen LogP contribution in [0.4, 0.5) is 27.6 Å². The van der Waals surface area contributed by atoms with Crippen molar-refractivity contribution >= 4 is 5.69 Å². The summed E-state index contributed by atoms with van der Waals surface area (Å²) in [6.45, 7) is -0.414. The fourth-order valence-corrected chi connectivity index (χ4v) is 1.77. The smallest absolute Gasteiger partial charge is 0.182 e. The third-order valence-corrected chi connectivity index (χ3v) is 2.80. The van der Waals surface area contributed by atoms with Crippen LogP contribution in [0, 0.1) is 29.1 Å². The molecule has 0 aromatic heterocycles. The van der Waals surface area contributed by atoms with E-state index in [1.807, 2.05) is 0 Å². The lowest BCUT2D eigenvalue weighted by Gasteiger charge is -2.14. The fourth-order valence-electron chi connectivity index (χ4n) is 1.77. The molecule has 2 N–H and O–H groups in total. The predicted molar refractivity (Wildman–Crippen MR) is 66.1 cm³/mol. The van der Waals surface area contributed by atoms with Crippen LogP contribution in [0.5, 0.6) is 0 Å². The minimum absolute atomic E-state index is 0.221. The molecule has 0 spiro atoms. The fraction of sp³-hybridized carbons (Fsp3) is 0.143. The third-order valence-electron chi connectivity index (χ3n) is 2.80. The quantitative estimate of drug-likeness (QED) is 0.669. The van der Waals surface area contributed by atoms with E-state index in [9.17, 15) is 27.1 Å². The largest absolute Gasteiger partial charge is 0.386 e. The second kappa shape index (κ2) is 6.09. The lowest BCUT2D eigenvalue weighted by molar-refractivity contribution is 0.186. The van der Waals surface area contributed by atoms with E-state index in [1.54, 1.807) is 0 Å². The Kier molecular flexibility index (Phi) is 4.42. The van der Waals surface area contributed by atoms with Gasteiger partial charge in [0.1, 0.15) is 17.5 Å². The summed E-state index contributed by atoms with van der Waals surface area (Å²) in [6.07, 6.45) is -1.45. The van der Waals surface area contributed by atoms with Gasteiger partial charge in [0.2, 0.25) is 0 Å². The van der Waals surface area contributed by atoms with Crippen molar-refractivity contribution < 1.29 is 27.1 Å². The topological polar surface area (TPSA) is 32.3 Å². The lowest BCUT2D eigenvalue weighted by atomic mass is 10.1. The predicted octanol–water partition coefficient (Wildman–Crippen LogP) is 3.53. The molecule has 0 radical (unpaired) electrons. The van der Waals surface area contributed by atoms with E-state index < -0.39 is 47.4 Å². The summed E-state index contributed by atoms with van der Waals surface area (Å²) in [7, 11) is 0. The minimum Gasteiger partial charge on any atom is -0.386 e. The Balaban J connectivity index is 2.12. The average molecular weight is 303 g/mol. The zero-order valence-electron chi connectivity index (χ0n) is 10.5. The molecule has 0 fully saturated rings. The second-order valence-corrected chi connectivity index (χ2v) is 4.31. The minimum atomic E-state index is -1.45. The Hall–Kier alpha value is -2.15. The van der Waals surface area contributed by atoms with Gasteiger partial charge in [-0.05, 0) is 6.07 Å². The summed E-state index contributed by atoms with van der Waals surface area (Å²) in [6, 6.07) is 3.63. The van der Waals surface area contributed by atoms with Crippen LogP contribution in [0.25, 0.3) is 0 Å². The molecule has 112 valence electrons. The van der Waals surface area contributed by atoms with Crippen molar-refractivity contribution in [3.63, 3.8) is 0 Å². The maximum absolute atomic E-state index is 13.4. The highest BCUT2D eigenvalue weighted by Crippen LogP contribution is 2.22. The molecule has 2 aromatic rings. The third kappa shape index (κ3) is 3.49. The molecule has 0 amide bonds. The van der Waals surface area contributed by atoms with Gasteiger partial charge < -0.3 is 10.4 Å². The Morgan fingerprint density at radius 3 is 2.24 bits per heavy atom. The summed E-state index contributed by atoms with van der Waals surface area (Å²) in [5.74, 6) is -5.49. The number of halogens is 5. The molecule has 21 heavy (non-hydrogen) atoms. The molecule has 1 unspecified atom stereocenters. The van der Waals surface area contributed by atoms with E-state index in [1.165, 1.54) is 0 Å². The molecule has 0 saturated heterocycles. The Morgan fingerprint density at radius 2 is 1.57 bits per heavy atom. The van der Waals surface area contributed by atoms with Crippen molar-refractivity contribution in [2.45, 2.75) is 6.10 Å². The standard InChI is InChI=1S/C14H10F5NO/c15-7-1-2-9(10(17)3-7)13(21)6-20-12-5-8(16)4-11(18)14(12)19/h1-5,13,20-21H,6H2. The highest BCUT2D eigenvalue weighted by atomic mass is 19.2. The van der Waals surface area contributed by atoms with Gasteiger partial charge in [-0.3, -0.25) is 0 Å². The van der Waals surface area contributed by atoms with Gasteiger partial charge in [0.25, 0.3) is 0 Å². The molecule has 1 atom stereocenters. The number of anilines is 1. The number of aliphatic hydroxyl groups is 1. The van der Waals surface area contributed by atoms with Crippen LogP contribution in [-0.4, -0.2) is 11.7 Å². The Labute approximate surface area is 116 Å². The first kappa shape index (κ1) is 15.2. The first-order chi connectivity index (χ1) is 9.88. The molecule has 2 rings (SSSR count). The van der Waals surface area contributed by atoms with Crippen molar-refractivity contribution in [2.75, 3.05) is 11.9 Å². The van der Waals surface area contributed by atoms with E-state index in [0.29, 0.717) is 18.2 Å². The molecule has 0 aliphatic carbocycles. The van der Waals surface area contributed by atoms with Crippen molar-refractivity contribution in [1.29, 1.82) is 0 Å². The van der Waals surface area contributed by atoms with Crippen LogP contribution < -0.4 is 5.32 Å². The number of aliphatic hydroxyl groups excluding tert-OH is 1. The van der Waals surface area contributed by atoms with Gasteiger partial charge in [-0.25, -0.2) is 22.0 Å². The molecule has 0 heterocycles. The van der Waals surface area contributed by atoms with Crippen molar-refractivity contribution in [2.24, 2.45) is 0 Å². The first-order valence-corrected chi connectivity index (χ1v) is 5.90. The molecule has 0 saturated carbocycles. The zero-order chi connectivity index (χ0) is 15.6. The molecular weight excluding hydrogens is 293 g/mol. The average Bonchev–Trinajstić information content (AvgIpc) is 2.40. The highest BCUT2D eigenvalue weighted by Gasteiger charge is 2.16. The molecular formula is C14H10F5NO. The maximum atomic E-state index is 13.4. The monoisotopic (exact) mass is 303 g/mol. The SMILES string of the molecule is OC(CNc1cc(F)cc(F)c1F)c1ccc(F)cc1F. The summed E-state index contributed by atoms with van der Waals surface area (Å²) < 4.78 is 65.4. The Morgan fingerprint density at radius 1 is 0.905 bits per heavy atom. The number of nitrogens with one attached hydrogen (secondary N) is 1. The van der Waals surface area contributed by atoms with Gasteiger partial charge in [0.05, 0.1) is 11.8 Å². The maximum Gasteiger partial charge on any atom is 0.182 e. The lowest BCUT2D eigenvalue weighted by Crippen LogP contribution is -2.15. The summed E-state index contributed by atoms with van der Waals surface area (Å²) in [5, 5.41) is 12.0. The van der Waals surface area contributed by atoms with Gasteiger partial charge in [-0.2, -0.15) is 0 Å². The van der Waals surface area contributed by atoms with Crippen LogP contribution in [0.15, 0.2) is 30.3 Å². The van der Waals surface area contributed by atoms with Gasteiger partial charge in [-0.1, -0.05) is 6.07 Å². The van der Waals surface area contributed by atoms with E-state index >= 15 is 0 Å². The van der Waals surface area contributed by atoms with E-state index in [0.717, 1.165) is 12.1 Å². The van der Waals surface area contributed by atoms with Crippen LogP contribution in [0.3, 0.4) is 0 Å². The first-order valence-electron chi connectivity index (χ1n) is 5.90. The van der Waals surface area contributed by atoms with E-state index in [-0.39, 0.29) is 5.56 Å². The van der Waals surface area contributed by atoms with Gasteiger partial charge in [0.15, 0.2) is 11.6 Å². The molecule has 0 bridgehead atoms. The zero-order valence-corrected chi connectivity index (χ0v) is 10.5. The Bertz CT molecular complexity index is 662. The van der Waals surface area contributed by atoms with Crippen LogP contribution >= 0.6 is 0 Å². The van der Waals surface area contributed by atoms with Crippen LogP contribution in [0.2, 0.25) is 0 Å².